The van der Waals surface area contributed by atoms with Crippen LogP contribution in [0.25, 0.3) is 0 Å². The molecule has 1 heterocycles. The van der Waals surface area contributed by atoms with Gasteiger partial charge in [-0.25, -0.2) is 4.79 Å². The number of aromatic nitrogens is 2. The number of halogens is 1. The maximum absolute atomic E-state index is 13.5. The van der Waals surface area contributed by atoms with Crippen LogP contribution in [-0.4, -0.2) is 14.1 Å². The van der Waals surface area contributed by atoms with Gasteiger partial charge in [-0.1, -0.05) is 6.07 Å². The first kappa shape index (κ1) is 14.6. The molecule has 2 rings (SSSR count). The molecule has 0 aliphatic carbocycles. The lowest BCUT2D eigenvalue weighted by Crippen LogP contribution is -2.39. The molecule has 0 saturated carbocycles. The Kier molecular flexibility index (Phi) is 3.97. The minimum atomic E-state index is -1.00. The Morgan fingerprint density at radius 1 is 1.29 bits per heavy atom. The second-order valence-electron chi connectivity index (χ2n) is 4.35. The Hall–Kier alpha value is -2.77. The van der Waals surface area contributed by atoms with Crippen LogP contribution in [0.1, 0.15) is 12.5 Å². The molecule has 0 aliphatic heterocycles. The van der Waals surface area contributed by atoms with Gasteiger partial charge in [-0.15, -0.1) is 0 Å². The molecule has 0 unspecified atom stereocenters. The fourth-order valence-corrected chi connectivity index (χ4v) is 1.92. The molecule has 0 bridgehead atoms. The summed E-state index contributed by atoms with van der Waals surface area (Å²) in [7, 11) is 0. The largest absolute Gasteiger partial charge is 0.331 e. The van der Waals surface area contributed by atoms with Crippen LogP contribution in [-0.2, 0) is 13.1 Å². The molecular formula is C13H12FN3O4. The molecule has 8 heteroatoms. The van der Waals surface area contributed by atoms with E-state index in [1.807, 2.05) is 0 Å². The van der Waals surface area contributed by atoms with Gasteiger partial charge in [0.05, 0.1) is 11.5 Å². The molecular weight excluding hydrogens is 281 g/mol. The van der Waals surface area contributed by atoms with Crippen LogP contribution in [0.5, 0.6) is 0 Å². The molecule has 0 saturated heterocycles. The Labute approximate surface area is 118 Å². The summed E-state index contributed by atoms with van der Waals surface area (Å²) < 4.78 is 15.8. The van der Waals surface area contributed by atoms with Crippen molar-refractivity contribution in [2.75, 3.05) is 0 Å². The fraction of sp³-hybridized carbons (Fsp3) is 0.231. The van der Waals surface area contributed by atoms with E-state index >= 15 is 0 Å². The average molecular weight is 293 g/mol. The lowest BCUT2D eigenvalue weighted by atomic mass is 10.2. The molecule has 0 atom stereocenters. The summed E-state index contributed by atoms with van der Waals surface area (Å²) in [5.74, 6) is -1.00. The molecule has 0 N–H and O–H groups in total. The van der Waals surface area contributed by atoms with Gasteiger partial charge in [-0.05, 0) is 18.6 Å². The van der Waals surface area contributed by atoms with Gasteiger partial charge in [0.1, 0.15) is 0 Å². The van der Waals surface area contributed by atoms with Gasteiger partial charge in [-0.3, -0.25) is 19.5 Å². The van der Waals surface area contributed by atoms with E-state index in [9.17, 15) is 24.1 Å². The van der Waals surface area contributed by atoms with E-state index in [-0.39, 0.29) is 6.54 Å². The molecule has 0 spiro atoms. The van der Waals surface area contributed by atoms with E-state index in [1.54, 1.807) is 6.92 Å². The van der Waals surface area contributed by atoms with Crippen LogP contribution in [0.2, 0.25) is 0 Å². The highest BCUT2D eigenvalue weighted by Crippen LogP contribution is 2.18. The van der Waals surface area contributed by atoms with Crippen LogP contribution in [0.4, 0.5) is 10.1 Å². The average Bonchev–Trinajstić information content (AvgIpc) is 2.43. The summed E-state index contributed by atoms with van der Waals surface area (Å²) in [6.45, 7) is 2.00. The Bertz CT molecular complexity index is 810. The van der Waals surface area contributed by atoms with Gasteiger partial charge in [0.25, 0.3) is 5.56 Å². The predicted octanol–water partition coefficient (Wildman–Crippen LogP) is 1.13. The van der Waals surface area contributed by atoms with Gasteiger partial charge in [-0.2, -0.15) is 4.39 Å². The number of rotatable bonds is 4. The monoisotopic (exact) mass is 293 g/mol. The molecule has 1 aromatic heterocycles. The second-order valence-corrected chi connectivity index (χ2v) is 4.35. The maximum atomic E-state index is 13.5. The van der Waals surface area contributed by atoms with Crippen molar-refractivity contribution in [3.8, 4) is 0 Å². The number of aryl methyl sites for hydroxylation is 1. The molecule has 0 radical (unpaired) electrons. The van der Waals surface area contributed by atoms with Crippen LogP contribution in [0.15, 0.2) is 40.1 Å². The third-order valence-electron chi connectivity index (χ3n) is 3.03. The van der Waals surface area contributed by atoms with Crippen molar-refractivity contribution in [1.82, 2.24) is 9.13 Å². The smallest absolute Gasteiger partial charge is 0.301 e. The van der Waals surface area contributed by atoms with Crippen molar-refractivity contribution in [3.05, 3.63) is 72.8 Å². The van der Waals surface area contributed by atoms with Crippen LogP contribution in [0, 0.1) is 15.9 Å². The quantitative estimate of drug-likeness (QED) is 0.624. The first-order chi connectivity index (χ1) is 9.93. The molecule has 0 aliphatic rings. The molecule has 110 valence electrons. The summed E-state index contributed by atoms with van der Waals surface area (Å²) in [5, 5.41) is 10.5. The number of hydrogen-bond donors (Lipinski definition) is 0. The number of nitrogens with zero attached hydrogens (tertiary/aromatic N) is 3. The van der Waals surface area contributed by atoms with Crippen LogP contribution < -0.4 is 11.2 Å². The summed E-state index contributed by atoms with van der Waals surface area (Å²) in [4.78, 5) is 33.4. The van der Waals surface area contributed by atoms with Gasteiger partial charge in [0.2, 0.25) is 5.82 Å². The number of benzene rings is 1. The normalized spacial score (nSPS) is 10.6. The topological polar surface area (TPSA) is 87.1 Å². The highest BCUT2D eigenvalue weighted by molar-refractivity contribution is 5.35. The molecule has 7 nitrogen and oxygen atoms in total. The van der Waals surface area contributed by atoms with E-state index in [0.29, 0.717) is 12.1 Å². The van der Waals surface area contributed by atoms with Gasteiger partial charge in [0, 0.05) is 24.9 Å². The van der Waals surface area contributed by atoms with Gasteiger partial charge < -0.3 is 4.57 Å². The summed E-state index contributed by atoms with van der Waals surface area (Å²) >= 11 is 0. The van der Waals surface area contributed by atoms with E-state index in [4.69, 9.17) is 0 Å². The van der Waals surface area contributed by atoms with E-state index in [0.717, 1.165) is 16.7 Å². The first-order valence-electron chi connectivity index (χ1n) is 6.17. The highest BCUT2D eigenvalue weighted by Gasteiger charge is 2.14. The zero-order valence-corrected chi connectivity index (χ0v) is 11.2. The fourth-order valence-electron chi connectivity index (χ4n) is 1.92. The first-order valence-corrected chi connectivity index (χ1v) is 6.17. The lowest BCUT2D eigenvalue weighted by molar-refractivity contribution is -0.387. The van der Waals surface area contributed by atoms with Crippen molar-refractivity contribution in [1.29, 1.82) is 0 Å². The van der Waals surface area contributed by atoms with Gasteiger partial charge in [0.15, 0.2) is 0 Å². The zero-order valence-electron chi connectivity index (χ0n) is 11.2. The van der Waals surface area contributed by atoms with E-state index < -0.39 is 27.7 Å². The van der Waals surface area contributed by atoms with E-state index in [1.165, 1.54) is 22.9 Å². The van der Waals surface area contributed by atoms with E-state index in [2.05, 4.69) is 0 Å². The second kappa shape index (κ2) is 5.70. The minimum absolute atomic E-state index is 0.145. The third-order valence-corrected chi connectivity index (χ3v) is 3.03. The zero-order chi connectivity index (χ0) is 15.6. The number of hydrogen-bond acceptors (Lipinski definition) is 4. The molecule has 1 aromatic carbocycles. The maximum Gasteiger partial charge on any atom is 0.331 e. The SMILES string of the molecule is CCn1ccc(=O)n(Cc2ccc([N+](=O)[O-])c(F)c2)c1=O. The standard InChI is InChI=1S/C13H12FN3O4/c1-2-15-6-5-12(18)16(13(15)19)8-9-3-4-11(17(20)21)10(14)7-9/h3-7H,2,8H2,1H3. The summed E-state index contributed by atoms with van der Waals surface area (Å²) in [6, 6.07) is 4.52. The van der Waals surface area contributed by atoms with Crippen molar-refractivity contribution >= 4 is 5.69 Å². The number of nitro benzene ring substituents is 1. The summed E-state index contributed by atoms with van der Waals surface area (Å²) in [6.07, 6.45) is 1.39. The Morgan fingerprint density at radius 3 is 2.57 bits per heavy atom. The summed E-state index contributed by atoms with van der Waals surface area (Å²) in [5.41, 5.74) is -1.37. The van der Waals surface area contributed by atoms with Crippen LogP contribution >= 0.6 is 0 Å². The van der Waals surface area contributed by atoms with Crippen LogP contribution in [0.3, 0.4) is 0 Å². The number of nitro groups is 1. The van der Waals surface area contributed by atoms with Crippen molar-refractivity contribution in [2.45, 2.75) is 20.0 Å². The molecule has 21 heavy (non-hydrogen) atoms. The minimum Gasteiger partial charge on any atom is -0.301 e. The van der Waals surface area contributed by atoms with Gasteiger partial charge >= 0.3 is 11.4 Å². The Morgan fingerprint density at radius 2 is 2.00 bits per heavy atom. The Balaban J connectivity index is 2.44. The molecule has 0 fully saturated rings. The van der Waals surface area contributed by atoms with Crippen molar-refractivity contribution in [3.63, 3.8) is 0 Å². The lowest BCUT2D eigenvalue weighted by Gasteiger charge is -2.08. The predicted molar refractivity (Wildman–Crippen MR) is 72.8 cm³/mol. The molecule has 2 aromatic rings. The molecule has 0 amide bonds. The highest BCUT2D eigenvalue weighted by atomic mass is 19.1. The third kappa shape index (κ3) is 2.88. The van der Waals surface area contributed by atoms with Crippen molar-refractivity contribution in [2.24, 2.45) is 0 Å². The van der Waals surface area contributed by atoms with Crippen molar-refractivity contribution < 1.29 is 9.31 Å².